The molecule has 0 atom stereocenters. The van der Waals surface area contributed by atoms with E-state index in [9.17, 15) is 18.0 Å². The van der Waals surface area contributed by atoms with Crippen LogP contribution < -0.4 is 9.47 Å². The normalized spacial score (nSPS) is 11.1. The van der Waals surface area contributed by atoms with E-state index >= 15 is 0 Å². The molecule has 0 aromatic heterocycles. The molecule has 1 aromatic carbocycles. The molecule has 0 aliphatic heterocycles. The summed E-state index contributed by atoms with van der Waals surface area (Å²) in [5, 5.41) is 0. The van der Waals surface area contributed by atoms with Crippen molar-refractivity contribution in [2.24, 2.45) is 0 Å². The molecule has 0 aliphatic carbocycles. The van der Waals surface area contributed by atoms with Crippen molar-refractivity contribution in [3.05, 3.63) is 23.8 Å². The van der Waals surface area contributed by atoms with Crippen LogP contribution in [0.1, 0.15) is 12.0 Å². The Balaban J connectivity index is 2.89. The van der Waals surface area contributed by atoms with Gasteiger partial charge in [0.05, 0.1) is 7.11 Å². The number of carbonyl (C=O) groups is 1. The van der Waals surface area contributed by atoms with Crippen molar-refractivity contribution < 1.29 is 27.4 Å². The van der Waals surface area contributed by atoms with Gasteiger partial charge in [0, 0.05) is 6.42 Å². The molecular weight excluding hydrogens is 237 g/mol. The van der Waals surface area contributed by atoms with Gasteiger partial charge in [-0.1, -0.05) is 6.07 Å². The van der Waals surface area contributed by atoms with E-state index in [1.807, 2.05) is 0 Å². The molecule has 0 saturated carbocycles. The van der Waals surface area contributed by atoms with E-state index in [4.69, 9.17) is 4.74 Å². The number of carbonyl (C=O) groups excluding carboxylic acids is 1. The zero-order chi connectivity index (χ0) is 12.9. The summed E-state index contributed by atoms with van der Waals surface area (Å²) in [4.78, 5) is 10.2. The highest BCUT2D eigenvalue weighted by Gasteiger charge is 2.32. The molecule has 0 N–H and O–H groups in total. The summed E-state index contributed by atoms with van der Waals surface area (Å²) < 4.78 is 44.7. The van der Waals surface area contributed by atoms with Crippen LogP contribution in [0.25, 0.3) is 0 Å². The number of rotatable bonds is 5. The van der Waals surface area contributed by atoms with Crippen molar-refractivity contribution >= 4 is 6.29 Å². The van der Waals surface area contributed by atoms with Gasteiger partial charge in [0.1, 0.15) is 6.29 Å². The lowest BCUT2D eigenvalue weighted by atomic mass is 10.1. The Bertz CT molecular complexity index is 388. The van der Waals surface area contributed by atoms with Gasteiger partial charge in [-0.15, -0.1) is 13.2 Å². The van der Waals surface area contributed by atoms with E-state index in [0.29, 0.717) is 18.4 Å². The topological polar surface area (TPSA) is 35.5 Å². The number of alkyl halides is 3. The van der Waals surface area contributed by atoms with Gasteiger partial charge in [-0.05, 0) is 24.1 Å². The molecule has 3 nitrogen and oxygen atoms in total. The number of aldehydes is 1. The van der Waals surface area contributed by atoms with Crippen molar-refractivity contribution in [3.63, 3.8) is 0 Å². The molecule has 0 spiro atoms. The number of halogens is 3. The van der Waals surface area contributed by atoms with Crippen molar-refractivity contribution in [1.82, 2.24) is 0 Å². The van der Waals surface area contributed by atoms with Gasteiger partial charge in [-0.2, -0.15) is 0 Å². The highest BCUT2D eigenvalue weighted by Crippen LogP contribution is 2.32. The van der Waals surface area contributed by atoms with Gasteiger partial charge < -0.3 is 14.3 Å². The third-order valence-electron chi connectivity index (χ3n) is 2.00. The Hall–Kier alpha value is -1.72. The fourth-order valence-electron chi connectivity index (χ4n) is 1.30. The molecule has 0 heterocycles. The number of aryl methyl sites for hydroxylation is 1. The van der Waals surface area contributed by atoms with Crippen molar-refractivity contribution in [2.45, 2.75) is 19.2 Å². The maximum atomic E-state index is 12.0. The van der Waals surface area contributed by atoms with Crippen LogP contribution in [0.2, 0.25) is 0 Å². The van der Waals surface area contributed by atoms with E-state index in [-0.39, 0.29) is 5.75 Å². The first-order valence-electron chi connectivity index (χ1n) is 4.82. The van der Waals surface area contributed by atoms with Gasteiger partial charge in [-0.25, -0.2) is 0 Å². The third kappa shape index (κ3) is 4.34. The molecule has 6 heteroatoms. The average Bonchev–Trinajstić information content (AvgIpc) is 2.25. The van der Waals surface area contributed by atoms with Crippen molar-refractivity contribution in [2.75, 3.05) is 7.11 Å². The number of ether oxygens (including phenoxy) is 2. The van der Waals surface area contributed by atoms with E-state index in [1.165, 1.54) is 25.3 Å². The number of hydrogen-bond acceptors (Lipinski definition) is 3. The van der Waals surface area contributed by atoms with Crippen molar-refractivity contribution in [3.8, 4) is 11.5 Å². The zero-order valence-corrected chi connectivity index (χ0v) is 9.08. The highest BCUT2D eigenvalue weighted by molar-refractivity contribution is 5.51. The smallest absolute Gasteiger partial charge is 0.493 e. The van der Waals surface area contributed by atoms with Gasteiger partial charge in [0.15, 0.2) is 11.5 Å². The summed E-state index contributed by atoms with van der Waals surface area (Å²) in [5.41, 5.74) is 0.712. The Morgan fingerprint density at radius 2 is 2.00 bits per heavy atom. The molecule has 17 heavy (non-hydrogen) atoms. The average molecular weight is 248 g/mol. The number of hydrogen-bond donors (Lipinski definition) is 0. The van der Waals surface area contributed by atoms with Crippen molar-refractivity contribution in [1.29, 1.82) is 0 Å². The molecule has 0 unspecified atom stereocenters. The fourth-order valence-corrected chi connectivity index (χ4v) is 1.30. The van der Waals surface area contributed by atoms with E-state index in [0.717, 1.165) is 6.29 Å². The largest absolute Gasteiger partial charge is 0.573 e. The number of benzene rings is 1. The molecule has 0 saturated heterocycles. The van der Waals surface area contributed by atoms with Crippen LogP contribution in [0.4, 0.5) is 13.2 Å². The molecule has 0 amide bonds. The van der Waals surface area contributed by atoms with Crippen LogP contribution in [0.3, 0.4) is 0 Å². The lowest BCUT2D eigenvalue weighted by Crippen LogP contribution is -2.17. The molecule has 0 fully saturated rings. The molecule has 0 radical (unpaired) electrons. The first kappa shape index (κ1) is 13.3. The molecule has 94 valence electrons. The van der Waals surface area contributed by atoms with Gasteiger partial charge in [-0.3, -0.25) is 0 Å². The Labute approximate surface area is 96.1 Å². The van der Waals surface area contributed by atoms with E-state index in [1.54, 1.807) is 0 Å². The third-order valence-corrected chi connectivity index (χ3v) is 2.00. The molecule has 1 rings (SSSR count). The molecule has 0 bridgehead atoms. The quantitative estimate of drug-likeness (QED) is 0.751. The summed E-state index contributed by atoms with van der Waals surface area (Å²) in [7, 11) is 1.25. The van der Waals surface area contributed by atoms with Crippen LogP contribution in [0, 0.1) is 0 Å². The monoisotopic (exact) mass is 248 g/mol. The molecule has 1 aromatic rings. The van der Waals surface area contributed by atoms with Gasteiger partial charge in [0.2, 0.25) is 0 Å². The zero-order valence-electron chi connectivity index (χ0n) is 9.08. The molecular formula is C11H11F3O3. The second-order valence-electron chi connectivity index (χ2n) is 3.24. The standard InChI is InChI=1S/C11H11F3O3/c1-16-10-7-8(3-2-6-15)4-5-9(10)17-11(12,13)14/h4-7H,2-3H2,1H3. The summed E-state index contributed by atoms with van der Waals surface area (Å²) in [5.74, 6) is -0.402. The minimum absolute atomic E-state index is 0.00859. The minimum Gasteiger partial charge on any atom is -0.493 e. The predicted molar refractivity (Wildman–Crippen MR) is 54.1 cm³/mol. The summed E-state index contributed by atoms with van der Waals surface area (Å²) in [6.07, 6.45) is -3.25. The van der Waals surface area contributed by atoms with E-state index in [2.05, 4.69) is 4.74 Å². The predicted octanol–water partition coefficient (Wildman–Crippen LogP) is 2.73. The molecule has 0 aliphatic rings. The maximum Gasteiger partial charge on any atom is 0.573 e. The summed E-state index contributed by atoms with van der Waals surface area (Å²) in [6.45, 7) is 0. The second-order valence-corrected chi connectivity index (χ2v) is 3.24. The SMILES string of the molecule is COc1cc(CCC=O)ccc1OC(F)(F)F. The van der Waals surface area contributed by atoms with Crippen LogP contribution >= 0.6 is 0 Å². The van der Waals surface area contributed by atoms with Gasteiger partial charge >= 0.3 is 6.36 Å². The minimum atomic E-state index is -4.75. The lowest BCUT2D eigenvalue weighted by molar-refractivity contribution is -0.275. The van der Waals surface area contributed by atoms with Crippen LogP contribution in [0.5, 0.6) is 11.5 Å². The van der Waals surface area contributed by atoms with Crippen LogP contribution in [0.15, 0.2) is 18.2 Å². The highest BCUT2D eigenvalue weighted by atomic mass is 19.4. The van der Waals surface area contributed by atoms with Gasteiger partial charge in [0.25, 0.3) is 0 Å². The second kappa shape index (κ2) is 5.56. The maximum absolute atomic E-state index is 12.0. The Kier molecular flexibility index (Phi) is 4.37. The fraction of sp³-hybridized carbons (Fsp3) is 0.364. The lowest BCUT2D eigenvalue weighted by Gasteiger charge is -2.13. The summed E-state index contributed by atoms with van der Waals surface area (Å²) >= 11 is 0. The number of methoxy groups -OCH3 is 1. The summed E-state index contributed by atoms with van der Waals surface area (Å²) in [6, 6.07) is 4.06. The van der Waals surface area contributed by atoms with Crippen LogP contribution in [-0.4, -0.2) is 19.8 Å². The first-order chi connectivity index (χ1) is 7.96. The van der Waals surface area contributed by atoms with Crippen LogP contribution in [-0.2, 0) is 11.2 Å². The Morgan fingerprint density at radius 1 is 1.29 bits per heavy atom. The first-order valence-corrected chi connectivity index (χ1v) is 4.82. The Morgan fingerprint density at radius 3 is 2.53 bits per heavy atom. The van der Waals surface area contributed by atoms with E-state index < -0.39 is 12.1 Å².